The minimum absolute atomic E-state index is 0.0815. The largest absolute Gasteiger partial charge is 0.463 e. The van der Waals surface area contributed by atoms with Gasteiger partial charge in [-0.05, 0) is 48.7 Å². The summed E-state index contributed by atoms with van der Waals surface area (Å²) in [6.45, 7) is 3.57. The lowest BCUT2D eigenvalue weighted by atomic mass is 9.98. The van der Waals surface area contributed by atoms with Crippen LogP contribution in [0, 0.1) is 6.92 Å². The first-order valence-corrected chi connectivity index (χ1v) is 11.8. The maximum atomic E-state index is 13.3. The molecule has 0 saturated heterocycles. The third-order valence-electron chi connectivity index (χ3n) is 5.20. The molecule has 0 aliphatic carbocycles. The number of halogens is 1. The zero-order valence-corrected chi connectivity index (χ0v) is 19.9. The maximum absolute atomic E-state index is 13.3. The summed E-state index contributed by atoms with van der Waals surface area (Å²) in [6, 6.07) is 10.3. The van der Waals surface area contributed by atoms with E-state index in [1.54, 1.807) is 37.3 Å². The van der Waals surface area contributed by atoms with Gasteiger partial charge in [-0.1, -0.05) is 35.9 Å². The quantitative estimate of drug-likeness (QED) is 0.485. The molecule has 0 bridgehead atoms. The van der Waals surface area contributed by atoms with Crippen LogP contribution in [0.5, 0.6) is 0 Å². The van der Waals surface area contributed by atoms with Gasteiger partial charge in [0, 0.05) is 18.3 Å². The summed E-state index contributed by atoms with van der Waals surface area (Å²) >= 11 is 6.43. The third-order valence-corrected chi connectivity index (χ3v) is 7.29. The highest BCUT2D eigenvalue weighted by Crippen LogP contribution is 2.39. The molecule has 2 aromatic rings. The van der Waals surface area contributed by atoms with Gasteiger partial charge in [-0.2, -0.15) is 18.6 Å². The molecular formula is C22H24ClN3O6S. The van der Waals surface area contributed by atoms with Gasteiger partial charge >= 0.3 is 22.1 Å². The number of ether oxygens (including phenoxy) is 1. The van der Waals surface area contributed by atoms with Crippen molar-refractivity contribution in [3.8, 4) is 0 Å². The van der Waals surface area contributed by atoms with Crippen LogP contribution in [0.1, 0.15) is 40.0 Å². The van der Waals surface area contributed by atoms with Gasteiger partial charge in [0.05, 0.1) is 30.3 Å². The highest BCUT2D eigenvalue weighted by atomic mass is 35.5. The lowest BCUT2D eigenvalue weighted by molar-refractivity contribution is -0.139. The van der Waals surface area contributed by atoms with Crippen molar-refractivity contribution in [3.63, 3.8) is 0 Å². The Morgan fingerprint density at radius 1 is 1.12 bits per heavy atom. The Hall–Kier alpha value is -2.92. The lowest BCUT2D eigenvalue weighted by Gasteiger charge is -2.38. The van der Waals surface area contributed by atoms with E-state index in [-0.39, 0.29) is 24.3 Å². The fraction of sp³-hybridized carbons (Fsp3) is 0.273. The summed E-state index contributed by atoms with van der Waals surface area (Å²) in [4.78, 5) is 28.5. The van der Waals surface area contributed by atoms with E-state index >= 15 is 0 Å². The van der Waals surface area contributed by atoms with Crippen LogP contribution in [0.15, 0.2) is 54.2 Å². The van der Waals surface area contributed by atoms with Gasteiger partial charge in [-0.15, -0.1) is 0 Å². The van der Waals surface area contributed by atoms with Gasteiger partial charge in [0.2, 0.25) is 0 Å². The predicted octanol–water partition coefficient (Wildman–Crippen LogP) is 2.86. The molecule has 0 spiro atoms. The summed E-state index contributed by atoms with van der Waals surface area (Å²) < 4.78 is 34.0. The summed E-state index contributed by atoms with van der Waals surface area (Å²) in [5.74, 6) is 3.53. The summed E-state index contributed by atoms with van der Waals surface area (Å²) in [6.07, 6.45) is 1.27. The highest BCUT2D eigenvalue weighted by Gasteiger charge is 2.42. The molecule has 1 aliphatic heterocycles. The van der Waals surface area contributed by atoms with Crippen LogP contribution < -0.4 is 5.90 Å². The van der Waals surface area contributed by atoms with Gasteiger partial charge in [0.1, 0.15) is 0 Å². The Morgan fingerprint density at radius 2 is 1.79 bits per heavy atom. The fourth-order valence-corrected chi connectivity index (χ4v) is 5.23. The first-order valence-electron chi connectivity index (χ1n) is 9.99. The number of aryl methyl sites for hydroxylation is 1. The van der Waals surface area contributed by atoms with E-state index in [0.29, 0.717) is 16.1 Å². The molecule has 0 aromatic heterocycles. The van der Waals surface area contributed by atoms with E-state index in [1.807, 2.05) is 6.92 Å². The molecule has 0 radical (unpaired) electrons. The first kappa shape index (κ1) is 24.7. The zero-order chi connectivity index (χ0) is 24.3. The van der Waals surface area contributed by atoms with Crippen molar-refractivity contribution in [2.75, 3.05) is 13.7 Å². The maximum Gasteiger partial charge on any atom is 0.356 e. The van der Waals surface area contributed by atoms with E-state index < -0.39 is 28.2 Å². The van der Waals surface area contributed by atoms with E-state index in [1.165, 1.54) is 25.4 Å². The molecule has 2 aromatic carbocycles. The Kier molecular flexibility index (Phi) is 7.43. The van der Waals surface area contributed by atoms with Crippen molar-refractivity contribution in [2.45, 2.75) is 26.4 Å². The average Bonchev–Trinajstić information content (AvgIpc) is 2.78. The molecule has 0 saturated carbocycles. The Bertz CT molecular complexity index is 1200. The van der Waals surface area contributed by atoms with Gasteiger partial charge < -0.3 is 9.57 Å². The Morgan fingerprint density at radius 3 is 2.36 bits per heavy atom. The number of rotatable bonds is 6. The molecule has 33 heavy (non-hydrogen) atoms. The van der Waals surface area contributed by atoms with Crippen LogP contribution in [0.25, 0.3) is 0 Å². The Balaban J connectivity index is 2.05. The molecule has 1 unspecified atom stereocenters. The number of nitrogens with two attached hydrogens (primary N) is 1. The predicted molar refractivity (Wildman–Crippen MR) is 122 cm³/mol. The standard InChI is InChI=1S/C22H24ClN3O6S/c1-4-31-22(28)18-13-26(12-15-6-8-16(9-7-15)21(27)32-24)33(29,30)25(3)20(18)17-10-5-14(2)11-19(17)23/h5-11,13,20H,4,12,24H2,1-3H3. The fourth-order valence-electron chi connectivity index (χ4n) is 3.50. The molecule has 1 atom stereocenters. The van der Waals surface area contributed by atoms with Crippen LogP contribution in [-0.2, 0) is 31.1 Å². The van der Waals surface area contributed by atoms with E-state index in [0.717, 1.165) is 14.2 Å². The number of likely N-dealkylation sites (N-methyl/N-ethyl adjacent to an activating group) is 1. The molecule has 1 heterocycles. The lowest BCUT2D eigenvalue weighted by Crippen LogP contribution is -2.46. The van der Waals surface area contributed by atoms with Crippen molar-refractivity contribution in [1.29, 1.82) is 0 Å². The molecule has 11 heteroatoms. The first-order chi connectivity index (χ1) is 15.6. The van der Waals surface area contributed by atoms with Crippen LogP contribution in [0.2, 0.25) is 5.02 Å². The van der Waals surface area contributed by atoms with Crippen molar-refractivity contribution in [2.24, 2.45) is 5.90 Å². The number of esters is 1. The number of hydrogen-bond donors (Lipinski definition) is 1. The molecule has 3 rings (SSSR count). The zero-order valence-electron chi connectivity index (χ0n) is 18.3. The topological polar surface area (TPSA) is 119 Å². The molecule has 2 N–H and O–H groups in total. The summed E-state index contributed by atoms with van der Waals surface area (Å²) in [5.41, 5.74) is 2.29. The van der Waals surface area contributed by atoms with Crippen molar-refractivity contribution < 1.29 is 27.6 Å². The second-order valence-corrected chi connectivity index (χ2v) is 9.75. The highest BCUT2D eigenvalue weighted by molar-refractivity contribution is 7.86. The van der Waals surface area contributed by atoms with Crippen LogP contribution in [0.3, 0.4) is 0 Å². The van der Waals surface area contributed by atoms with E-state index in [2.05, 4.69) is 4.84 Å². The minimum Gasteiger partial charge on any atom is -0.463 e. The third kappa shape index (κ3) is 5.03. The average molecular weight is 494 g/mol. The second kappa shape index (κ2) is 9.92. The molecule has 9 nitrogen and oxygen atoms in total. The molecule has 1 aliphatic rings. The van der Waals surface area contributed by atoms with Gasteiger partial charge in [0.25, 0.3) is 0 Å². The number of nitrogens with zero attached hydrogens (tertiary/aromatic N) is 2. The van der Waals surface area contributed by atoms with E-state index in [9.17, 15) is 18.0 Å². The van der Waals surface area contributed by atoms with Gasteiger partial charge in [-0.3, -0.25) is 4.31 Å². The van der Waals surface area contributed by atoms with Crippen LogP contribution >= 0.6 is 11.6 Å². The second-order valence-electron chi connectivity index (χ2n) is 7.40. The van der Waals surface area contributed by atoms with E-state index in [4.69, 9.17) is 22.2 Å². The normalized spacial score (nSPS) is 17.9. The van der Waals surface area contributed by atoms with Gasteiger partial charge in [0.15, 0.2) is 0 Å². The van der Waals surface area contributed by atoms with Crippen molar-refractivity contribution >= 4 is 33.7 Å². The number of carbonyl (C=O) groups is 2. The molecule has 0 amide bonds. The minimum atomic E-state index is -4.02. The Labute approximate surface area is 197 Å². The molecule has 176 valence electrons. The number of hydrogen-bond acceptors (Lipinski definition) is 7. The van der Waals surface area contributed by atoms with Crippen molar-refractivity contribution in [3.05, 3.63) is 81.5 Å². The SMILES string of the molecule is CCOC(=O)C1=CN(Cc2ccc(C(=O)ON)cc2)S(=O)(=O)N(C)C1c1ccc(C)cc1Cl. The monoisotopic (exact) mass is 493 g/mol. The molecule has 0 fully saturated rings. The van der Waals surface area contributed by atoms with Crippen LogP contribution in [0.4, 0.5) is 0 Å². The van der Waals surface area contributed by atoms with Crippen LogP contribution in [-0.4, -0.2) is 42.6 Å². The number of benzene rings is 2. The smallest absolute Gasteiger partial charge is 0.356 e. The number of carbonyl (C=O) groups excluding carboxylic acids is 2. The molecular weight excluding hydrogens is 470 g/mol. The summed E-state index contributed by atoms with van der Waals surface area (Å²) in [7, 11) is -2.64. The van der Waals surface area contributed by atoms with Crippen molar-refractivity contribution in [1.82, 2.24) is 8.61 Å². The summed E-state index contributed by atoms with van der Waals surface area (Å²) in [5, 5.41) is 0.341. The van der Waals surface area contributed by atoms with Gasteiger partial charge in [-0.25, -0.2) is 9.59 Å².